The quantitative estimate of drug-likeness (QED) is 0.200. The first-order valence-corrected chi connectivity index (χ1v) is 10.9. The summed E-state index contributed by atoms with van der Waals surface area (Å²) in [6, 6.07) is 15.6. The summed E-state index contributed by atoms with van der Waals surface area (Å²) in [7, 11) is 0. The maximum Gasteiger partial charge on any atom is 0.243 e. The minimum Gasteiger partial charge on any atom is -0.379 e. The Bertz CT molecular complexity index is 967. The lowest BCUT2D eigenvalue weighted by Gasteiger charge is -2.27. The zero-order valence-corrected chi connectivity index (χ0v) is 21.3. The second kappa shape index (κ2) is 14.5. The monoisotopic (exact) mass is 561 g/mol. The Morgan fingerprint density at radius 1 is 1.12 bits per heavy atom. The molecule has 2 aromatic rings. The van der Waals surface area contributed by atoms with Gasteiger partial charge in [-0.1, -0.05) is 36.3 Å². The Labute approximate surface area is 213 Å². The molecule has 0 unspecified atom stereocenters. The highest BCUT2D eigenvalue weighted by Crippen LogP contribution is 2.14. The third-order valence-electron chi connectivity index (χ3n) is 5.10. The second-order valence-corrected chi connectivity index (χ2v) is 7.48. The Kier molecular flexibility index (Phi) is 11.7. The van der Waals surface area contributed by atoms with Gasteiger partial charge in [0.25, 0.3) is 0 Å². The van der Waals surface area contributed by atoms with Gasteiger partial charge in [0.05, 0.1) is 26.3 Å². The van der Waals surface area contributed by atoms with Gasteiger partial charge in [0.2, 0.25) is 5.91 Å². The number of nitrogens with zero attached hydrogens (tertiary/aromatic N) is 2. The Morgan fingerprint density at radius 3 is 2.61 bits per heavy atom. The SMILES string of the molecule is C#Cc1cccc(NC(=O)CNC(=NCc2ccccc2CN2CCOCC2)NCC)c1.I. The molecule has 1 amide bonds. The number of nitrogens with one attached hydrogen (secondary N) is 3. The maximum absolute atomic E-state index is 12.3. The van der Waals surface area contributed by atoms with Crippen LogP contribution in [0.5, 0.6) is 0 Å². The fraction of sp³-hybridized carbons (Fsp3) is 0.360. The van der Waals surface area contributed by atoms with E-state index in [-0.39, 0.29) is 36.4 Å². The fourth-order valence-electron chi connectivity index (χ4n) is 3.43. The van der Waals surface area contributed by atoms with Crippen LogP contribution in [0.4, 0.5) is 5.69 Å². The summed E-state index contributed by atoms with van der Waals surface area (Å²) in [4.78, 5) is 19.4. The van der Waals surface area contributed by atoms with Gasteiger partial charge in [-0.2, -0.15) is 0 Å². The standard InChI is InChI=1S/C25H31N5O2.HI/c1-3-20-8-7-11-23(16-20)29-24(31)18-28-25(26-4-2)27-17-21-9-5-6-10-22(21)19-30-12-14-32-15-13-30;/h1,5-11,16H,4,12-15,17-19H2,2H3,(H,29,31)(H2,26,27,28);1H. The molecule has 1 aliphatic heterocycles. The minimum absolute atomic E-state index is 0. The number of hydrogen-bond acceptors (Lipinski definition) is 4. The van der Waals surface area contributed by atoms with Crippen LogP contribution in [0.15, 0.2) is 53.5 Å². The molecule has 0 bridgehead atoms. The topological polar surface area (TPSA) is 78.0 Å². The van der Waals surface area contributed by atoms with Crippen LogP contribution < -0.4 is 16.0 Å². The summed E-state index contributed by atoms with van der Waals surface area (Å²) < 4.78 is 5.45. The van der Waals surface area contributed by atoms with Crippen LogP contribution >= 0.6 is 24.0 Å². The molecule has 0 saturated carbocycles. The molecule has 0 radical (unpaired) electrons. The smallest absolute Gasteiger partial charge is 0.243 e. The van der Waals surface area contributed by atoms with Crippen molar-refractivity contribution in [1.29, 1.82) is 0 Å². The van der Waals surface area contributed by atoms with E-state index in [0.717, 1.165) is 38.4 Å². The number of carbonyl (C=O) groups excluding carboxylic acids is 1. The van der Waals surface area contributed by atoms with Crippen LogP contribution in [-0.4, -0.2) is 56.2 Å². The molecular formula is C25H32IN5O2. The van der Waals surface area contributed by atoms with Crippen molar-refractivity contribution in [3.63, 3.8) is 0 Å². The minimum atomic E-state index is -0.169. The van der Waals surface area contributed by atoms with Crippen molar-refractivity contribution in [2.75, 3.05) is 44.7 Å². The van der Waals surface area contributed by atoms with Gasteiger partial charge in [0.15, 0.2) is 5.96 Å². The molecule has 0 spiro atoms. The maximum atomic E-state index is 12.3. The Balaban J connectivity index is 0.00000385. The number of terminal acetylenes is 1. The first kappa shape index (κ1) is 26.6. The summed E-state index contributed by atoms with van der Waals surface area (Å²) in [5.41, 5.74) is 3.83. The molecular weight excluding hydrogens is 529 g/mol. The molecule has 2 aromatic carbocycles. The van der Waals surface area contributed by atoms with Crippen LogP contribution in [0.2, 0.25) is 0 Å². The van der Waals surface area contributed by atoms with Crippen molar-refractivity contribution in [2.24, 2.45) is 4.99 Å². The van der Waals surface area contributed by atoms with Gasteiger partial charge < -0.3 is 20.7 Å². The second-order valence-electron chi connectivity index (χ2n) is 7.48. The van der Waals surface area contributed by atoms with Gasteiger partial charge >= 0.3 is 0 Å². The first-order valence-electron chi connectivity index (χ1n) is 10.9. The van der Waals surface area contributed by atoms with E-state index < -0.39 is 0 Å². The van der Waals surface area contributed by atoms with Crippen LogP contribution in [0.1, 0.15) is 23.6 Å². The first-order chi connectivity index (χ1) is 15.7. The molecule has 0 aromatic heterocycles. The van der Waals surface area contributed by atoms with Gasteiger partial charge in [-0.05, 0) is 36.2 Å². The number of aliphatic imine (C=N–C) groups is 1. The molecule has 1 saturated heterocycles. The van der Waals surface area contributed by atoms with Gasteiger partial charge in [0.1, 0.15) is 0 Å². The van der Waals surface area contributed by atoms with Gasteiger partial charge in [-0.15, -0.1) is 30.4 Å². The molecule has 176 valence electrons. The number of benzene rings is 2. The highest BCUT2D eigenvalue weighted by atomic mass is 127. The molecule has 1 fully saturated rings. The average molecular weight is 561 g/mol. The Hall–Kier alpha value is -2.61. The lowest BCUT2D eigenvalue weighted by atomic mass is 10.1. The molecule has 0 atom stereocenters. The zero-order chi connectivity index (χ0) is 22.6. The molecule has 7 nitrogen and oxygen atoms in total. The molecule has 1 heterocycles. The number of halogens is 1. The van der Waals surface area contributed by atoms with E-state index in [0.29, 0.717) is 24.7 Å². The number of hydrogen-bond donors (Lipinski definition) is 3. The van der Waals surface area contributed by atoms with Crippen molar-refractivity contribution >= 4 is 41.5 Å². The lowest BCUT2D eigenvalue weighted by Crippen LogP contribution is -2.41. The highest BCUT2D eigenvalue weighted by Gasteiger charge is 2.13. The van der Waals surface area contributed by atoms with Crippen LogP contribution in [0.3, 0.4) is 0 Å². The summed E-state index contributed by atoms with van der Waals surface area (Å²) >= 11 is 0. The summed E-state index contributed by atoms with van der Waals surface area (Å²) in [5, 5.41) is 9.14. The third-order valence-corrected chi connectivity index (χ3v) is 5.10. The van der Waals surface area contributed by atoms with Gasteiger partial charge in [0, 0.05) is 37.4 Å². The largest absolute Gasteiger partial charge is 0.379 e. The van der Waals surface area contributed by atoms with Gasteiger partial charge in [-0.25, -0.2) is 4.99 Å². The molecule has 33 heavy (non-hydrogen) atoms. The van der Waals surface area contributed by atoms with Crippen molar-refractivity contribution in [2.45, 2.75) is 20.0 Å². The number of morpholine rings is 1. The number of carbonyl (C=O) groups is 1. The van der Waals surface area contributed by atoms with Crippen molar-refractivity contribution < 1.29 is 9.53 Å². The van der Waals surface area contributed by atoms with E-state index in [4.69, 9.17) is 11.2 Å². The Morgan fingerprint density at radius 2 is 1.88 bits per heavy atom. The number of ether oxygens (including phenoxy) is 1. The van der Waals surface area contributed by atoms with Crippen LogP contribution in [0, 0.1) is 12.3 Å². The van der Waals surface area contributed by atoms with Gasteiger partial charge in [-0.3, -0.25) is 9.69 Å². The van der Waals surface area contributed by atoms with Crippen molar-refractivity contribution in [3.8, 4) is 12.3 Å². The molecule has 8 heteroatoms. The molecule has 3 rings (SSSR count). The van der Waals surface area contributed by atoms with E-state index in [9.17, 15) is 4.79 Å². The predicted octanol–water partition coefficient (Wildman–Crippen LogP) is 2.81. The van der Waals surface area contributed by atoms with Crippen molar-refractivity contribution in [3.05, 3.63) is 65.2 Å². The summed E-state index contributed by atoms with van der Waals surface area (Å²) in [6.45, 7) is 7.67. The number of amides is 1. The molecule has 1 aliphatic rings. The third kappa shape index (κ3) is 9.04. The lowest BCUT2D eigenvalue weighted by molar-refractivity contribution is -0.115. The van der Waals surface area contributed by atoms with E-state index in [1.807, 2.05) is 31.2 Å². The van der Waals surface area contributed by atoms with Crippen molar-refractivity contribution in [1.82, 2.24) is 15.5 Å². The predicted molar refractivity (Wildman–Crippen MR) is 144 cm³/mol. The number of guanidine groups is 1. The highest BCUT2D eigenvalue weighted by molar-refractivity contribution is 14.0. The summed E-state index contributed by atoms with van der Waals surface area (Å²) in [6.07, 6.45) is 5.42. The van der Waals surface area contributed by atoms with Crippen LogP contribution in [-0.2, 0) is 22.6 Å². The number of rotatable bonds is 8. The van der Waals surface area contributed by atoms with E-state index in [1.165, 1.54) is 11.1 Å². The van der Waals surface area contributed by atoms with E-state index >= 15 is 0 Å². The summed E-state index contributed by atoms with van der Waals surface area (Å²) in [5.74, 6) is 2.99. The fourth-order valence-corrected chi connectivity index (χ4v) is 3.43. The van der Waals surface area contributed by atoms with E-state index in [2.05, 4.69) is 50.0 Å². The average Bonchev–Trinajstić information content (AvgIpc) is 2.82. The zero-order valence-electron chi connectivity index (χ0n) is 19.0. The normalized spacial score (nSPS) is 14.0. The van der Waals surface area contributed by atoms with Crippen LogP contribution in [0.25, 0.3) is 0 Å². The molecule has 3 N–H and O–H groups in total. The van der Waals surface area contributed by atoms with E-state index in [1.54, 1.807) is 6.07 Å². The molecule has 0 aliphatic carbocycles. The number of anilines is 1.